The molecule has 122 valence electrons. The van der Waals surface area contributed by atoms with E-state index in [0.717, 1.165) is 6.08 Å². The summed E-state index contributed by atoms with van der Waals surface area (Å²) < 4.78 is 9.20. The first-order valence-corrected chi connectivity index (χ1v) is 6.76. The number of aliphatic hydroxyl groups excluding tert-OH is 2. The van der Waals surface area contributed by atoms with E-state index >= 15 is 0 Å². The molecular formula is C15H26O6. The zero-order valence-electron chi connectivity index (χ0n) is 13.0. The van der Waals surface area contributed by atoms with E-state index in [1.54, 1.807) is 6.92 Å². The van der Waals surface area contributed by atoms with Crippen LogP contribution in [0.1, 0.15) is 33.6 Å². The first-order valence-electron chi connectivity index (χ1n) is 6.76. The number of carbonyl (C=O) groups is 2. The van der Waals surface area contributed by atoms with Crippen LogP contribution < -0.4 is 0 Å². The molecule has 6 heteroatoms. The Morgan fingerprint density at radius 3 is 1.86 bits per heavy atom. The monoisotopic (exact) mass is 302 g/mol. The van der Waals surface area contributed by atoms with Gasteiger partial charge in [0.1, 0.15) is 13.2 Å². The molecule has 0 saturated carbocycles. The number of hydrogen-bond donors (Lipinski definition) is 2. The minimum Gasteiger partial charge on any atom is -0.460 e. The third-order valence-electron chi connectivity index (χ3n) is 2.28. The predicted molar refractivity (Wildman–Crippen MR) is 79.5 cm³/mol. The number of esters is 2. The van der Waals surface area contributed by atoms with E-state index in [-0.39, 0.29) is 13.2 Å². The summed E-state index contributed by atoms with van der Waals surface area (Å²) in [6.45, 7) is 11.9. The maximum atomic E-state index is 10.7. The van der Waals surface area contributed by atoms with Gasteiger partial charge in [0.05, 0.1) is 12.2 Å². The Kier molecular flexibility index (Phi) is 13.7. The molecule has 0 rings (SSSR count). The van der Waals surface area contributed by atoms with E-state index in [4.69, 9.17) is 10.2 Å². The van der Waals surface area contributed by atoms with E-state index in [1.807, 2.05) is 13.8 Å². The van der Waals surface area contributed by atoms with Gasteiger partial charge in [-0.05, 0) is 19.8 Å². The standard InChI is InChI=1S/C8H14O3.C7H12O3/c1-4-7(9)5-11-8(10)6(2)3;1-3-6(8)5-10-7(9)4-2/h7,9H,2,4-5H2,1,3H3;4,6,8H,2-3,5H2,1H3. The number of hydrogen-bond acceptors (Lipinski definition) is 6. The van der Waals surface area contributed by atoms with Crippen LogP contribution in [-0.2, 0) is 19.1 Å². The van der Waals surface area contributed by atoms with Crippen LogP contribution in [0.3, 0.4) is 0 Å². The average molecular weight is 302 g/mol. The molecule has 0 aliphatic carbocycles. The third kappa shape index (κ3) is 14.6. The van der Waals surface area contributed by atoms with Gasteiger partial charge in [0, 0.05) is 11.6 Å². The Balaban J connectivity index is 0. The molecule has 0 amide bonds. The van der Waals surface area contributed by atoms with Crippen molar-refractivity contribution in [2.24, 2.45) is 0 Å². The lowest BCUT2D eigenvalue weighted by Crippen LogP contribution is -2.17. The van der Waals surface area contributed by atoms with Gasteiger partial charge in [0.25, 0.3) is 0 Å². The molecule has 6 nitrogen and oxygen atoms in total. The van der Waals surface area contributed by atoms with Gasteiger partial charge in [0.2, 0.25) is 0 Å². The lowest BCUT2D eigenvalue weighted by Gasteiger charge is -2.07. The molecule has 0 spiro atoms. The zero-order chi connectivity index (χ0) is 16.8. The molecule has 0 aliphatic heterocycles. The van der Waals surface area contributed by atoms with Crippen molar-refractivity contribution in [3.05, 3.63) is 24.8 Å². The highest BCUT2D eigenvalue weighted by Crippen LogP contribution is 1.96. The molecule has 0 bridgehead atoms. The Bertz CT molecular complexity index is 337. The van der Waals surface area contributed by atoms with Gasteiger partial charge in [-0.25, -0.2) is 9.59 Å². The average Bonchev–Trinajstić information content (AvgIpc) is 2.49. The molecule has 0 aromatic carbocycles. The molecule has 21 heavy (non-hydrogen) atoms. The van der Waals surface area contributed by atoms with Crippen LogP contribution in [0.15, 0.2) is 24.8 Å². The molecule has 0 aliphatic rings. The summed E-state index contributed by atoms with van der Waals surface area (Å²) in [6, 6.07) is 0. The van der Waals surface area contributed by atoms with E-state index in [1.165, 1.54) is 0 Å². The van der Waals surface area contributed by atoms with E-state index in [2.05, 4.69) is 22.6 Å². The van der Waals surface area contributed by atoms with Crippen molar-refractivity contribution >= 4 is 11.9 Å². The van der Waals surface area contributed by atoms with Crippen molar-refractivity contribution in [1.82, 2.24) is 0 Å². The van der Waals surface area contributed by atoms with Gasteiger partial charge in [-0.15, -0.1) is 0 Å². The fraction of sp³-hybridized carbons (Fsp3) is 0.600. The summed E-state index contributed by atoms with van der Waals surface area (Å²) in [4.78, 5) is 21.1. The highest BCUT2D eigenvalue weighted by molar-refractivity contribution is 5.86. The van der Waals surface area contributed by atoms with Gasteiger partial charge >= 0.3 is 11.9 Å². The maximum Gasteiger partial charge on any atom is 0.333 e. The molecule has 0 radical (unpaired) electrons. The lowest BCUT2D eigenvalue weighted by atomic mass is 10.3. The van der Waals surface area contributed by atoms with E-state index in [9.17, 15) is 9.59 Å². The van der Waals surface area contributed by atoms with Crippen molar-refractivity contribution in [3.8, 4) is 0 Å². The Hall–Kier alpha value is -1.66. The van der Waals surface area contributed by atoms with Gasteiger partial charge in [-0.2, -0.15) is 0 Å². The zero-order valence-corrected chi connectivity index (χ0v) is 13.0. The fourth-order valence-electron chi connectivity index (χ4n) is 0.768. The van der Waals surface area contributed by atoms with Gasteiger partial charge in [-0.1, -0.05) is 27.0 Å². The van der Waals surface area contributed by atoms with Crippen molar-refractivity contribution in [2.45, 2.75) is 45.8 Å². The molecule has 0 fully saturated rings. The van der Waals surface area contributed by atoms with E-state index in [0.29, 0.717) is 18.4 Å². The van der Waals surface area contributed by atoms with Gasteiger partial charge < -0.3 is 19.7 Å². The molecule has 0 saturated heterocycles. The molecule has 0 aromatic rings. The molecule has 2 atom stereocenters. The molecular weight excluding hydrogens is 276 g/mol. The second-order valence-electron chi connectivity index (χ2n) is 4.34. The number of carbonyl (C=O) groups excluding carboxylic acids is 2. The minimum atomic E-state index is -0.557. The Morgan fingerprint density at radius 1 is 1.10 bits per heavy atom. The molecule has 0 aromatic heterocycles. The molecule has 2 unspecified atom stereocenters. The second kappa shape index (κ2) is 13.3. The smallest absolute Gasteiger partial charge is 0.333 e. The molecule has 0 heterocycles. The fourth-order valence-corrected chi connectivity index (χ4v) is 0.768. The summed E-state index contributed by atoms with van der Waals surface area (Å²) in [5.74, 6) is -0.940. The lowest BCUT2D eigenvalue weighted by molar-refractivity contribution is -0.142. The van der Waals surface area contributed by atoms with Crippen LogP contribution >= 0.6 is 0 Å². The van der Waals surface area contributed by atoms with Crippen molar-refractivity contribution in [2.75, 3.05) is 13.2 Å². The number of aliphatic hydroxyl groups is 2. The Labute approximate surface area is 126 Å². The highest BCUT2D eigenvalue weighted by atomic mass is 16.5. The third-order valence-corrected chi connectivity index (χ3v) is 2.28. The first kappa shape index (κ1) is 21.6. The summed E-state index contributed by atoms with van der Waals surface area (Å²) in [5.41, 5.74) is 0.355. The van der Waals surface area contributed by atoms with Crippen molar-refractivity contribution in [1.29, 1.82) is 0 Å². The quantitative estimate of drug-likeness (QED) is 0.519. The van der Waals surface area contributed by atoms with Crippen LogP contribution in [0.5, 0.6) is 0 Å². The van der Waals surface area contributed by atoms with Crippen molar-refractivity contribution < 1.29 is 29.3 Å². The number of rotatable bonds is 8. The van der Waals surface area contributed by atoms with Gasteiger partial charge in [-0.3, -0.25) is 0 Å². The SMILES string of the molecule is C=C(C)C(=O)OCC(O)CC.C=CC(=O)OCC(O)CC. The van der Waals surface area contributed by atoms with Crippen LogP contribution in [0.4, 0.5) is 0 Å². The van der Waals surface area contributed by atoms with Crippen LogP contribution in [0.25, 0.3) is 0 Å². The van der Waals surface area contributed by atoms with Gasteiger partial charge in [0.15, 0.2) is 0 Å². The summed E-state index contributed by atoms with van der Waals surface area (Å²) in [7, 11) is 0. The minimum absolute atomic E-state index is 0.0569. The topological polar surface area (TPSA) is 93.1 Å². The summed E-state index contributed by atoms with van der Waals surface area (Å²) in [5, 5.41) is 17.9. The van der Waals surface area contributed by atoms with Crippen LogP contribution in [0.2, 0.25) is 0 Å². The maximum absolute atomic E-state index is 10.7. The summed E-state index contributed by atoms with van der Waals surface area (Å²) >= 11 is 0. The van der Waals surface area contributed by atoms with Crippen molar-refractivity contribution in [3.63, 3.8) is 0 Å². The first-order chi connectivity index (χ1) is 9.78. The second-order valence-corrected chi connectivity index (χ2v) is 4.34. The largest absolute Gasteiger partial charge is 0.460 e. The summed E-state index contributed by atoms with van der Waals surface area (Å²) in [6.07, 6.45) is 1.14. The van der Waals surface area contributed by atoms with Crippen LogP contribution in [0, 0.1) is 0 Å². The number of ether oxygens (including phenoxy) is 2. The normalized spacial score (nSPS) is 12.2. The van der Waals surface area contributed by atoms with Crippen LogP contribution in [-0.4, -0.2) is 47.6 Å². The predicted octanol–water partition coefficient (Wildman–Crippen LogP) is 1.36. The van der Waals surface area contributed by atoms with E-state index < -0.39 is 24.1 Å². The highest BCUT2D eigenvalue weighted by Gasteiger charge is 2.06. The Morgan fingerprint density at radius 2 is 1.52 bits per heavy atom. The molecule has 2 N–H and O–H groups in total.